The Morgan fingerprint density at radius 2 is 1.76 bits per heavy atom. The Labute approximate surface area is 107 Å². The smallest absolute Gasteiger partial charge is 0.00730 e. The molecule has 2 heterocycles. The minimum atomic E-state index is 0.798. The van der Waals surface area contributed by atoms with Gasteiger partial charge in [-0.15, -0.1) is 0 Å². The van der Waals surface area contributed by atoms with Gasteiger partial charge in [0.1, 0.15) is 0 Å². The molecule has 3 atom stereocenters. The van der Waals surface area contributed by atoms with Crippen LogP contribution in [0.3, 0.4) is 0 Å². The van der Waals surface area contributed by atoms with Crippen LogP contribution in [-0.2, 0) is 0 Å². The number of hydrogen-bond donors (Lipinski definition) is 2. The molecule has 3 unspecified atom stereocenters. The maximum atomic E-state index is 3.74. The topological polar surface area (TPSA) is 24.1 Å². The molecule has 2 rings (SSSR count). The van der Waals surface area contributed by atoms with Crippen molar-refractivity contribution >= 4 is 0 Å². The van der Waals surface area contributed by atoms with Crippen LogP contribution in [0.4, 0.5) is 0 Å². The van der Waals surface area contributed by atoms with E-state index in [9.17, 15) is 0 Å². The third-order valence-electron chi connectivity index (χ3n) is 5.04. The zero-order valence-electron chi connectivity index (χ0n) is 11.8. The van der Waals surface area contributed by atoms with Crippen LogP contribution >= 0.6 is 0 Å². The van der Waals surface area contributed by atoms with Gasteiger partial charge in [-0.2, -0.15) is 0 Å². The highest BCUT2D eigenvalue weighted by atomic mass is 15.0. The van der Waals surface area contributed by atoms with Gasteiger partial charge in [-0.3, -0.25) is 0 Å². The Morgan fingerprint density at radius 3 is 2.35 bits per heavy atom. The standard InChI is InChI=1S/C15H30N2/c1-11(2)14-9-15(17-10-14)8-12(3)13-4-6-16-7-5-13/h11-17H,4-10H2,1-3H3. The summed E-state index contributed by atoms with van der Waals surface area (Å²) in [7, 11) is 0. The lowest BCUT2D eigenvalue weighted by Gasteiger charge is -2.30. The minimum Gasteiger partial charge on any atom is -0.317 e. The largest absolute Gasteiger partial charge is 0.317 e. The first-order valence-electron chi connectivity index (χ1n) is 7.61. The van der Waals surface area contributed by atoms with Crippen molar-refractivity contribution < 1.29 is 0 Å². The van der Waals surface area contributed by atoms with Crippen molar-refractivity contribution in [3.63, 3.8) is 0 Å². The molecule has 2 aliphatic rings. The van der Waals surface area contributed by atoms with Gasteiger partial charge < -0.3 is 10.6 Å². The van der Waals surface area contributed by atoms with Gasteiger partial charge in [0.15, 0.2) is 0 Å². The van der Waals surface area contributed by atoms with E-state index in [2.05, 4.69) is 31.4 Å². The highest BCUT2D eigenvalue weighted by Gasteiger charge is 2.29. The highest BCUT2D eigenvalue weighted by molar-refractivity contribution is 4.86. The molecule has 0 saturated carbocycles. The molecule has 0 radical (unpaired) electrons. The normalized spacial score (nSPS) is 33.2. The van der Waals surface area contributed by atoms with Gasteiger partial charge in [-0.25, -0.2) is 0 Å². The lowest BCUT2D eigenvalue weighted by Crippen LogP contribution is -2.33. The van der Waals surface area contributed by atoms with Crippen molar-refractivity contribution in [2.45, 2.75) is 52.5 Å². The van der Waals surface area contributed by atoms with Crippen molar-refractivity contribution in [3.05, 3.63) is 0 Å². The summed E-state index contributed by atoms with van der Waals surface area (Å²) < 4.78 is 0. The summed E-state index contributed by atoms with van der Waals surface area (Å²) in [6, 6.07) is 0.798. The maximum absolute atomic E-state index is 3.74. The second-order valence-electron chi connectivity index (χ2n) is 6.65. The van der Waals surface area contributed by atoms with Crippen LogP contribution in [0.25, 0.3) is 0 Å². The Kier molecular flexibility index (Phi) is 4.87. The Hall–Kier alpha value is -0.0800. The SMILES string of the molecule is CC(C)C1CNC(CC(C)C2CCNCC2)C1. The lowest BCUT2D eigenvalue weighted by molar-refractivity contribution is 0.245. The van der Waals surface area contributed by atoms with E-state index in [0.717, 1.165) is 29.7 Å². The molecule has 0 amide bonds. The van der Waals surface area contributed by atoms with Gasteiger partial charge in [0.05, 0.1) is 0 Å². The fraction of sp³-hybridized carbons (Fsp3) is 1.00. The molecule has 2 saturated heterocycles. The Bertz CT molecular complexity index is 221. The molecule has 2 nitrogen and oxygen atoms in total. The average Bonchev–Trinajstić information content (AvgIpc) is 2.79. The van der Waals surface area contributed by atoms with Crippen LogP contribution in [0.2, 0.25) is 0 Å². The van der Waals surface area contributed by atoms with Crippen molar-refractivity contribution in [3.8, 4) is 0 Å². The predicted octanol–water partition coefficient (Wildman–Crippen LogP) is 2.65. The number of rotatable bonds is 4. The van der Waals surface area contributed by atoms with Gasteiger partial charge in [-0.1, -0.05) is 20.8 Å². The van der Waals surface area contributed by atoms with Crippen LogP contribution in [0.15, 0.2) is 0 Å². The molecule has 0 aromatic heterocycles. The molecule has 0 aromatic carbocycles. The number of hydrogen-bond acceptors (Lipinski definition) is 2. The molecule has 2 fully saturated rings. The first-order valence-corrected chi connectivity index (χ1v) is 7.61. The van der Waals surface area contributed by atoms with Crippen LogP contribution < -0.4 is 10.6 Å². The van der Waals surface area contributed by atoms with Crippen LogP contribution in [-0.4, -0.2) is 25.7 Å². The summed E-state index contributed by atoms with van der Waals surface area (Å²) in [5.74, 6) is 3.64. The molecule has 0 bridgehead atoms. The van der Waals surface area contributed by atoms with E-state index in [1.807, 2.05) is 0 Å². The highest BCUT2D eigenvalue weighted by Crippen LogP contribution is 2.30. The third kappa shape index (κ3) is 3.69. The molecular weight excluding hydrogens is 208 g/mol. The van der Waals surface area contributed by atoms with Crippen molar-refractivity contribution in [1.82, 2.24) is 10.6 Å². The van der Waals surface area contributed by atoms with E-state index in [0.29, 0.717) is 0 Å². The first-order chi connectivity index (χ1) is 8.16. The molecular formula is C15H30N2. The van der Waals surface area contributed by atoms with E-state index in [-0.39, 0.29) is 0 Å². The van der Waals surface area contributed by atoms with Gasteiger partial charge >= 0.3 is 0 Å². The summed E-state index contributed by atoms with van der Waals surface area (Å²) in [6.07, 6.45) is 5.59. The lowest BCUT2D eigenvalue weighted by atomic mass is 9.81. The molecule has 2 N–H and O–H groups in total. The predicted molar refractivity (Wildman–Crippen MR) is 74.1 cm³/mol. The summed E-state index contributed by atoms with van der Waals surface area (Å²) in [5, 5.41) is 7.21. The molecule has 0 aliphatic carbocycles. The van der Waals surface area contributed by atoms with Crippen LogP contribution in [0.1, 0.15) is 46.5 Å². The molecule has 2 aliphatic heterocycles. The van der Waals surface area contributed by atoms with Gasteiger partial charge in [-0.05, 0) is 69.0 Å². The quantitative estimate of drug-likeness (QED) is 0.787. The Morgan fingerprint density at radius 1 is 1.06 bits per heavy atom. The number of piperidine rings is 1. The molecule has 100 valence electrons. The zero-order chi connectivity index (χ0) is 12.3. The van der Waals surface area contributed by atoms with E-state index < -0.39 is 0 Å². The fourth-order valence-corrected chi connectivity index (χ4v) is 3.59. The third-order valence-corrected chi connectivity index (χ3v) is 5.04. The van der Waals surface area contributed by atoms with E-state index in [4.69, 9.17) is 0 Å². The minimum absolute atomic E-state index is 0.798. The summed E-state index contributed by atoms with van der Waals surface area (Å²) in [6.45, 7) is 10.9. The van der Waals surface area contributed by atoms with Gasteiger partial charge in [0.2, 0.25) is 0 Å². The molecule has 17 heavy (non-hydrogen) atoms. The van der Waals surface area contributed by atoms with Crippen LogP contribution in [0.5, 0.6) is 0 Å². The Balaban J connectivity index is 1.73. The summed E-state index contributed by atoms with van der Waals surface area (Å²) in [4.78, 5) is 0. The molecule has 2 heteroatoms. The van der Waals surface area contributed by atoms with Crippen LogP contribution in [0, 0.1) is 23.7 Å². The maximum Gasteiger partial charge on any atom is 0.00730 e. The van der Waals surface area contributed by atoms with E-state index in [1.54, 1.807) is 0 Å². The van der Waals surface area contributed by atoms with E-state index in [1.165, 1.54) is 45.3 Å². The van der Waals surface area contributed by atoms with Crippen molar-refractivity contribution in [1.29, 1.82) is 0 Å². The van der Waals surface area contributed by atoms with Crippen molar-refractivity contribution in [2.75, 3.05) is 19.6 Å². The van der Waals surface area contributed by atoms with E-state index >= 15 is 0 Å². The first kappa shape index (κ1) is 13.4. The second-order valence-corrected chi connectivity index (χ2v) is 6.65. The number of nitrogens with one attached hydrogen (secondary N) is 2. The monoisotopic (exact) mass is 238 g/mol. The zero-order valence-corrected chi connectivity index (χ0v) is 11.8. The fourth-order valence-electron chi connectivity index (χ4n) is 3.59. The summed E-state index contributed by atoms with van der Waals surface area (Å²) in [5.41, 5.74) is 0. The summed E-state index contributed by atoms with van der Waals surface area (Å²) >= 11 is 0. The van der Waals surface area contributed by atoms with Gasteiger partial charge in [0.25, 0.3) is 0 Å². The molecule has 0 aromatic rings. The van der Waals surface area contributed by atoms with Crippen molar-refractivity contribution in [2.24, 2.45) is 23.7 Å². The van der Waals surface area contributed by atoms with Gasteiger partial charge in [0, 0.05) is 6.04 Å². The second kappa shape index (κ2) is 6.19. The average molecular weight is 238 g/mol. The molecule has 0 spiro atoms.